The van der Waals surface area contributed by atoms with Crippen molar-refractivity contribution in [3.63, 3.8) is 0 Å². The van der Waals surface area contributed by atoms with E-state index in [-0.39, 0.29) is 18.5 Å². The van der Waals surface area contributed by atoms with Crippen LogP contribution in [0.5, 0.6) is 11.5 Å². The Kier molecular flexibility index (Phi) is 3.39. The third-order valence-corrected chi connectivity index (χ3v) is 3.83. The second-order valence-corrected chi connectivity index (χ2v) is 5.41. The molecule has 24 heavy (non-hydrogen) atoms. The summed E-state index contributed by atoms with van der Waals surface area (Å²) in [6.45, 7) is 0.210. The molecule has 0 saturated heterocycles. The highest BCUT2D eigenvalue weighted by molar-refractivity contribution is 6.34. The zero-order chi connectivity index (χ0) is 16.5. The Labute approximate surface area is 138 Å². The molecule has 0 aliphatic carbocycles. The number of allylic oxidation sites excluding steroid dienone is 2. The topological polar surface area (TPSA) is 64.6 Å². The summed E-state index contributed by atoms with van der Waals surface area (Å²) < 4.78 is 10.5. The Morgan fingerprint density at radius 2 is 1.92 bits per heavy atom. The number of para-hydroxylation sites is 1. The van der Waals surface area contributed by atoms with Gasteiger partial charge in [-0.05, 0) is 35.9 Å². The molecule has 2 aromatic rings. The molecular weight excluding hydrogens is 306 g/mol. The summed E-state index contributed by atoms with van der Waals surface area (Å²) in [5, 5.41) is 2.74. The number of hydrogen-bond donors (Lipinski definition) is 1. The molecule has 2 heterocycles. The SMILES string of the molecule is O=C(/C=C1\C(=O)Nc2ccccc21)/C=C/c1ccc2c(c1)OCO2. The monoisotopic (exact) mass is 319 g/mol. The van der Waals surface area contributed by atoms with E-state index in [1.54, 1.807) is 24.3 Å². The van der Waals surface area contributed by atoms with Gasteiger partial charge < -0.3 is 14.8 Å². The van der Waals surface area contributed by atoms with Crippen molar-refractivity contribution in [1.29, 1.82) is 0 Å². The van der Waals surface area contributed by atoms with Gasteiger partial charge in [-0.25, -0.2) is 0 Å². The number of carbonyl (C=O) groups excluding carboxylic acids is 2. The molecule has 1 amide bonds. The zero-order valence-electron chi connectivity index (χ0n) is 12.6. The summed E-state index contributed by atoms with van der Waals surface area (Å²) in [6, 6.07) is 12.7. The largest absolute Gasteiger partial charge is 0.454 e. The van der Waals surface area contributed by atoms with Crippen LogP contribution in [-0.2, 0) is 9.59 Å². The van der Waals surface area contributed by atoms with Crippen LogP contribution in [0, 0.1) is 0 Å². The molecule has 2 aliphatic rings. The van der Waals surface area contributed by atoms with E-state index in [2.05, 4.69) is 5.32 Å². The van der Waals surface area contributed by atoms with E-state index in [1.807, 2.05) is 24.3 Å². The molecule has 0 atom stereocenters. The summed E-state index contributed by atoms with van der Waals surface area (Å²) >= 11 is 0. The van der Waals surface area contributed by atoms with Crippen LogP contribution in [0.4, 0.5) is 5.69 Å². The maximum Gasteiger partial charge on any atom is 0.256 e. The van der Waals surface area contributed by atoms with Gasteiger partial charge >= 0.3 is 0 Å². The van der Waals surface area contributed by atoms with Gasteiger partial charge in [-0.1, -0.05) is 30.3 Å². The van der Waals surface area contributed by atoms with Gasteiger partial charge in [0, 0.05) is 11.3 Å². The third kappa shape index (κ3) is 2.56. The number of nitrogens with one attached hydrogen (secondary N) is 1. The Morgan fingerprint density at radius 3 is 2.83 bits per heavy atom. The fraction of sp³-hybridized carbons (Fsp3) is 0.0526. The van der Waals surface area contributed by atoms with Gasteiger partial charge in [0.15, 0.2) is 17.3 Å². The molecule has 0 bridgehead atoms. The zero-order valence-corrected chi connectivity index (χ0v) is 12.6. The van der Waals surface area contributed by atoms with Gasteiger partial charge in [0.1, 0.15) is 0 Å². The van der Waals surface area contributed by atoms with E-state index in [4.69, 9.17) is 9.47 Å². The Morgan fingerprint density at radius 1 is 1.08 bits per heavy atom. The lowest BCUT2D eigenvalue weighted by atomic mass is 10.1. The first-order chi connectivity index (χ1) is 11.7. The van der Waals surface area contributed by atoms with E-state index >= 15 is 0 Å². The quantitative estimate of drug-likeness (QED) is 0.883. The predicted molar refractivity (Wildman–Crippen MR) is 89.7 cm³/mol. The van der Waals surface area contributed by atoms with E-state index < -0.39 is 0 Å². The van der Waals surface area contributed by atoms with Crippen LogP contribution in [0.25, 0.3) is 11.6 Å². The first-order valence-electron chi connectivity index (χ1n) is 7.45. The van der Waals surface area contributed by atoms with Crippen LogP contribution in [0.2, 0.25) is 0 Å². The molecule has 5 heteroatoms. The lowest BCUT2D eigenvalue weighted by Crippen LogP contribution is -2.05. The molecule has 0 unspecified atom stereocenters. The van der Waals surface area contributed by atoms with E-state index in [1.165, 1.54) is 12.2 Å². The second-order valence-electron chi connectivity index (χ2n) is 5.41. The van der Waals surface area contributed by atoms with E-state index in [0.29, 0.717) is 17.1 Å². The molecule has 2 aromatic carbocycles. The summed E-state index contributed by atoms with van der Waals surface area (Å²) in [5.74, 6) is 0.836. The molecule has 0 radical (unpaired) electrons. The van der Waals surface area contributed by atoms with Crippen LogP contribution < -0.4 is 14.8 Å². The smallest absolute Gasteiger partial charge is 0.256 e. The lowest BCUT2D eigenvalue weighted by Gasteiger charge is -1.97. The summed E-state index contributed by atoms with van der Waals surface area (Å²) in [4.78, 5) is 24.1. The molecule has 0 saturated carbocycles. The Hall–Kier alpha value is -3.34. The van der Waals surface area contributed by atoms with Crippen molar-refractivity contribution in [1.82, 2.24) is 0 Å². The minimum absolute atomic E-state index is 0.210. The van der Waals surface area contributed by atoms with E-state index in [0.717, 1.165) is 16.8 Å². The summed E-state index contributed by atoms with van der Waals surface area (Å²) in [6.07, 6.45) is 4.46. The number of amides is 1. The van der Waals surface area contributed by atoms with Gasteiger partial charge in [0.25, 0.3) is 5.91 Å². The maximum absolute atomic E-state index is 12.2. The first-order valence-corrected chi connectivity index (χ1v) is 7.45. The maximum atomic E-state index is 12.2. The van der Waals surface area contributed by atoms with Crippen molar-refractivity contribution in [3.8, 4) is 11.5 Å². The minimum atomic E-state index is -0.263. The number of benzene rings is 2. The van der Waals surface area contributed by atoms with Gasteiger partial charge in [-0.2, -0.15) is 0 Å². The van der Waals surface area contributed by atoms with Crippen LogP contribution in [0.1, 0.15) is 11.1 Å². The van der Waals surface area contributed by atoms with Crippen LogP contribution in [0.15, 0.2) is 54.6 Å². The van der Waals surface area contributed by atoms with Crippen molar-refractivity contribution >= 4 is 29.0 Å². The number of anilines is 1. The Balaban J connectivity index is 1.55. The first kappa shape index (κ1) is 14.3. The molecule has 0 fully saturated rings. The van der Waals surface area contributed by atoms with Crippen LogP contribution >= 0.6 is 0 Å². The van der Waals surface area contributed by atoms with Crippen LogP contribution in [0.3, 0.4) is 0 Å². The number of carbonyl (C=O) groups is 2. The molecule has 2 aliphatic heterocycles. The molecule has 1 N–H and O–H groups in total. The molecule has 5 nitrogen and oxygen atoms in total. The highest BCUT2D eigenvalue weighted by atomic mass is 16.7. The van der Waals surface area contributed by atoms with Crippen molar-refractivity contribution in [2.45, 2.75) is 0 Å². The van der Waals surface area contributed by atoms with Gasteiger partial charge in [-0.15, -0.1) is 0 Å². The molecule has 0 aromatic heterocycles. The minimum Gasteiger partial charge on any atom is -0.454 e. The molecule has 4 rings (SSSR count). The predicted octanol–water partition coefficient (Wildman–Crippen LogP) is 3.03. The lowest BCUT2D eigenvalue weighted by molar-refractivity contribution is -0.112. The molecule has 118 valence electrons. The van der Waals surface area contributed by atoms with Gasteiger partial charge in [0.2, 0.25) is 6.79 Å². The number of fused-ring (bicyclic) bond motifs is 2. The number of ketones is 1. The van der Waals surface area contributed by atoms with Crippen molar-refractivity contribution < 1.29 is 19.1 Å². The highest BCUT2D eigenvalue weighted by Crippen LogP contribution is 2.33. The number of ether oxygens (including phenoxy) is 2. The number of hydrogen-bond acceptors (Lipinski definition) is 4. The van der Waals surface area contributed by atoms with Gasteiger partial charge in [-0.3, -0.25) is 9.59 Å². The molecule has 0 spiro atoms. The van der Waals surface area contributed by atoms with Crippen molar-refractivity contribution in [2.24, 2.45) is 0 Å². The van der Waals surface area contributed by atoms with E-state index in [9.17, 15) is 9.59 Å². The molecular formula is C19H13NO4. The second kappa shape index (κ2) is 5.70. The van der Waals surface area contributed by atoms with Crippen molar-refractivity contribution in [3.05, 3.63) is 65.7 Å². The van der Waals surface area contributed by atoms with Gasteiger partial charge in [0.05, 0.1) is 5.57 Å². The van der Waals surface area contributed by atoms with Crippen LogP contribution in [-0.4, -0.2) is 18.5 Å². The average molecular weight is 319 g/mol. The van der Waals surface area contributed by atoms with Crippen molar-refractivity contribution in [2.75, 3.05) is 12.1 Å². The average Bonchev–Trinajstić information content (AvgIpc) is 3.17. The summed E-state index contributed by atoms with van der Waals surface area (Å²) in [7, 11) is 0. The summed E-state index contributed by atoms with van der Waals surface area (Å²) in [5.41, 5.74) is 2.67. The third-order valence-electron chi connectivity index (χ3n) is 3.83. The Bertz CT molecular complexity index is 911. The fourth-order valence-corrected chi connectivity index (χ4v) is 2.67. The number of rotatable bonds is 3. The highest BCUT2D eigenvalue weighted by Gasteiger charge is 2.23. The normalized spacial score (nSPS) is 16.5. The fourth-order valence-electron chi connectivity index (χ4n) is 2.67. The standard InChI is InChI=1S/C19H13NO4/c21-13(7-5-12-6-8-17-18(9-12)24-11-23-17)10-15-14-3-1-2-4-16(14)20-19(15)22/h1-10H,11H2,(H,20,22)/b7-5+,15-10-.